The van der Waals surface area contributed by atoms with Gasteiger partial charge in [-0.3, -0.25) is 9.59 Å². The number of aliphatic carboxylic acids is 1. The first-order valence-corrected chi connectivity index (χ1v) is 11.7. The standard InChI is InChI=1S/C26H28F2N2O5/c1-2-26(24(32)33)11-12-30(15-26)22(31)13-21(23(27)28)29-25(34)35-14-20-18-9-5-3-7-16(18)17-8-4-6-10-19(17)20/h3-10,20-21,23H,2,11-15H2,1H3,(H,29,34)(H,32,33). The van der Waals surface area contributed by atoms with Crippen LogP contribution in [-0.2, 0) is 14.3 Å². The van der Waals surface area contributed by atoms with Gasteiger partial charge in [0.2, 0.25) is 5.91 Å². The van der Waals surface area contributed by atoms with Crippen molar-refractivity contribution < 1.29 is 33.0 Å². The molecular formula is C26H28F2N2O5. The fourth-order valence-electron chi connectivity index (χ4n) is 5.01. The molecule has 1 saturated heterocycles. The summed E-state index contributed by atoms with van der Waals surface area (Å²) in [4.78, 5) is 37.9. The van der Waals surface area contributed by atoms with Crippen LogP contribution in [0.15, 0.2) is 48.5 Å². The minimum absolute atomic E-state index is 0.0292. The van der Waals surface area contributed by atoms with Crippen LogP contribution < -0.4 is 5.32 Å². The zero-order chi connectivity index (χ0) is 25.2. The van der Waals surface area contributed by atoms with Gasteiger partial charge in [-0.05, 0) is 35.1 Å². The molecule has 1 aliphatic carbocycles. The summed E-state index contributed by atoms with van der Waals surface area (Å²) in [6.45, 7) is 1.84. The summed E-state index contributed by atoms with van der Waals surface area (Å²) in [7, 11) is 0. The number of carboxylic acids is 1. The van der Waals surface area contributed by atoms with Gasteiger partial charge in [-0.25, -0.2) is 13.6 Å². The van der Waals surface area contributed by atoms with E-state index in [1.54, 1.807) is 6.92 Å². The van der Waals surface area contributed by atoms with Crippen LogP contribution in [0.2, 0.25) is 0 Å². The molecule has 1 fully saturated rings. The molecule has 2 amide bonds. The molecule has 0 bridgehead atoms. The van der Waals surface area contributed by atoms with E-state index in [4.69, 9.17) is 4.74 Å². The number of fused-ring (bicyclic) bond motifs is 3. The largest absolute Gasteiger partial charge is 0.481 e. The molecule has 9 heteroatoms. The van der Waals surface area contributed by atoms with Crippen molar-refractivity contribution in [2.45, 2.75) is 44.6 Å². The molecule has 2 N–H and O–H groups in total. The number of hydrogen-bond acceptors (Lipinski definition) is 4. The minimum Gasteiger partial charge on any atom is -0.481 e. The van der Waals surface area contributed by atoms with Crippen molar-refractivity contribution in [3.8, 4) is 11.1 Å². The number of halogens is 2. The number of ether oxygens (including phenoxy) is 1. The smallest absolute Gasteiger partial charge is 0.407 e. The molecule has 35 heavy (non-hydrogen) atoms. The first-order valence-electron chi connectivity index (χ1n) is 11.7. The van der Waals surface area contributed by atoms with E-state index in [1.807, 2.05) is 48.5 Å². The molecule has 0 saturated carbocycles. The van der Waals surface area contributed by atoms with Crippen molar-refractivity contribution in [1.29, 1.82) is 0 Å². The van der Waals surface area contributed by atoms with Crippen molar-refractivity contribution in [3.05, 3.63) is 59.7 Å². The van der Waals surface area contributed by atoms with Crippen molar-refractivity contribution in [1.82, 2.24) is 10.2 Å². The molecule has 1 heterocycles. The topological polar surface area (TPSA) is 95.9 Å². The number of alkyl halides is 2. The highest BCUT2D eigenvalue weighted by Crippen LogP contribution is 2.44. The predicted molar refractivity (Wildman–Crippen MR) is 124 cm³/mol. The van der Waals surface area contributed by atoms with Gasteiger partial charge in [-0.15, -0.1) is 0 Å². The Kier molecular flexibility index (Phi) is 7.05. The number of likely N-dealkylation sites (tertiary alicyclic amines) is 1. The van der Waals surface area contributed by atoms with Gasteiger partial charge < -0.3 is 20.1 Å². The molecule has 0 radical (unpaired) electrons. The summed E-state index contributed by atoms with van der Waals surface area (Å²) >= 11 is 0. The zero-order valence-electron chi connectivity index (χ0n) is 19.4. The Morgan fingerprint density at radius 1 is 1.11 bits per heavy atom. The van der Waals surface area contributed by atoms with Crippen molar-refractivity contribution in [2.24, 2.45) is 5.41 Å². The van der Waals surface area contributed by atoms with E-state index in [-0.39, 0.29) is 32.0 Å². The summed E-state index contributed by atoms with van der Waals surface area (Å²) in [5, 5.41) is 11.6. The van der Waals surface area contributed by atoms with E-state index >= 15 is 0 Å². The lowest BCUT2D eigenvalue weighted by Crippen LogP contribution is -2.45. The highest BCUT2D eigenvalue weighted by Gasteiger charge is 2.45. The average molecular weight is 487 g/mol. The Bertz CT molecular complexity index is 1080. The third-order valence-corrected chi connectivity index (χ3v) is 7.18. The lowest BCUT2D eigenvalue weighted by molar-refractivity contribution is -0.148. The molecule has 2 atom stereocenters. The summed E-state index contributed by atoms with van der Waals surface area (Å²) in [5.41, 5.74) is 3.02. The molecule has 2 aliphatic rings. The Morgan fingerprint density at radius 3 is 2.23 bits per heavy atom. The number of benzene rings is 2. The molecule has 186 valence electrons. The van der Waals surface area contributed by atoms with Gasteiger partial charge >= 0.3 is 12.1 Å². The van der Waals surface area contributed by atoms with Gasteiger partial charge in [-0.2, -0.15) is 0 Å². The van der Waals surface area contributed by atoms with Crippen molar-refractivity contribution in [3.63, 3.8) is 0 Å². The predicted octanol–water partition coefficient (Wildman–Crippen LogP) is 4.26. The maximum atomic E-state index is 13.7. The van der Waals surface area contributed by atoms with E-state index in [1.165, 1.54) is 4.90 Å². The van der Waals surface area contributed by atoms with Crippen LogP contribution in [-0.4, -0.2) is 60.1 Å². The van der Waals surface area contributed by atoms with Gasteiger partial charge in [0.15, 0.2) is 0 Å². The van der Waals surface area contributed by atoms with Crippen LogP contribution in [0, 0.1) is 5.41 Å². The summed E-state index contributed by atoms with van der Waals surface area (Å²) in [6, 6.07) is 13.8. The number of alkyl carbamates (subject to hydrolysis) is 1. The van der Waals surface area contributed by atoms with Crippen LogP contribution in [0.4, 0.5) is 13.6 Å². The Labute approximate surface area is 202 Å². The first-order chi connectivity index (χ1) is 16.8. The maximum Gasteiger partial charge on any atom is 0.407 e. The Balaban J connectivity index is 1.36. The highest BCUT2D eigenvalue weighted by atomic mass is 19.3. The molecule has 2 aromatic rings. The van der Waals surface area contributed by atoms with Crippen LogP contribution in [0.1, 0.15) is 43.2 Å². The fraction of sp³-hybridized carbons (Fsp3) is 0.423. The van der Waals surface area contributed by atoms with Crippen LogP contribution in [0.25, 0.3) is 11.1 Å². The van der Waals surface area contributed by atoms with E-state index in [0.29, 0.717) is 6.42 Å². The lowest BCUT2D eigenvalue weighted by atomic mass is 9.84. The number of hydrogen-bond donors (Lipinski definition) is 2. The van der Waals surface area contributed by atoms with Crippen molar-refractivity contribution in [2.75, 3.05) is 19.7 Å². The number of rotatable bonds is 8. The van der Waals surface area contributed by atoms with Crippen LogP contribution in [0.3, 0.4) is 0 Å². The number of nitrogens with one attached hydrogen (secondary N) is 1. The van der Waals surface area contributed by atoms with Gasteiger partial charge in [0.05, 0.1) is 11.8 Å². The van der Waals surface area contributed by atoms with Gasteiger partial charge in [-0.1, -0.05) is 55.5 Å². The lowest BCUT2D eigenvalue weighted by Gasteiger charge is -2.25. The zero-order valence-corrected chi connectivity index (χ0v) is 19.4. The molecule has 1 aliphatic heterocycles. The molecule has 0 aromatic heterocycles. The van der Waals surface area contributed by atoms with E-state index in [0.717, 1.165) is 22.3 Å². The monoisotopic (exact) mass is 486 g/mol. The maximum absolute atomic E-state index is 13.7. The second-order valence-corrected chi connectivity index (χ2v) is 9.12. The molecule has 0 spiro atoms. The number of carbonyl (C=O) groups is 3. The number of nitrogens with zero attached hydrogens (tertiary/aromatic N) is 1. The third kappa shape index (κ3) is 4.85. The molecule has 7 nitrogen and oxygen atoms in total. The Hall–Kier alpha value is -3.49. The number of amides is 2. The van der Waals surface area contributed by atoms with Gasteiger partial charge in [0, 0.05) is 19.0 Å². The third-order valence-electron chi connectivity index (χ3n) is 7.18. The van der Waals surface area contributed by atoms with E-state index in [2.05, 4.69) is 5.32 Å². The normalized spacial score (nSPS) is 19.8. The minimum atomic E-state index is -2.99. The molecule has 2 unspecified atom stereocenters. The highest BCUT2D eigenvalue weighted by molar-refractivity contribution is 5.82. The first kappa shape index (κ1) is 24.6. The quantitative estimate of drug-likeness (QED) is 0.581. The number of carboxylic acid groups (broad SMARTS) is 1. The summed E-state index contributed by atoms with van der Waals surface area (Å²) < 4.78 is 32.6. The Morgan fingerprint density at radius 2 is 1.71 bits per heavy atom. The summed E-state index contributed by atoms with van der Waals surface area (Å²) in [5.74, 6) is -1.84. The van der Waals surface area contributed by atoms with Gasteiger partial charge in [0.25, 0.3) is 6.43 Å². The van der Waals surface area contributed by atoms with Crippen molar-refractivity contribution >= 4 is 18.0 Å². The average Bonchev–Trinajstić information content (AvgIpc) is 3.43. The second-order valence-electron chi connectivity index (χ2n) is 9.12. The molecule has 2 aromatic carbocycles. The molecule has 4 rings (SSSR count). The second kappa shape index (κ2) is 10.0. The summed E-state index contributed by atoms with van der Waals surface area (Å²) in [6.07, 6.45) is -4.05. The number of carbonyl (C=O) groups excluding carboxylic acids is 2. The SMILES string of the molecule is CCC1(C(=O)O)CCN(C(=O)CC(NC(=O)OCC2c3ccccc3-c3ccccc32)C(F)F)C1. The van der Waals surface area contributed by atoms with E-state index in [9.17, 15) is 28.3 Å². The van der Waals surface area contributed by atoms with Gasteiger partial charge in [0.1, 0.15) is 12.6 Å². The van der Waals surface area contributed by atoms with E-state index < -0.39 is 42.3 Å². The molecular weight excluding hydrogens is 458 g/mol. The van der Waals surface area contributed by atoms with Crippen LogP contribution >= 0.6 is 0 Å². The fourth-order valence-corrected chi connectivity index (χ4v) is 5.01. The van der Waals surface area contributed by atoms with Crippen LogP contribution in [0.5, 0.6) is 0 Å².